The molecule has 0 bridgehead atoms. The molecule has 0 spiro atoms. The molecule has 1 aliphatic carbocycles. The lowest BCUT2D eigenvalue weighted by Crippen LogP contribution is -2.29. The van der Waals surface area contributed by atoms with Gasteiger partial charge in [0.2, 0.25) is 0 Å². The molecule has 2 heteroatoms. The van der Waals surface area contributed by atoms with Gasteiger partial charge in [0, 0.05) is 19.1 Å². The van der Waals surface area contributed by atoms with E-state index in [4.69, 9.17) is 0 Å². The highest BCUT2D eigenvalue weighted by Gasteiger charge is 2.19. The fourth-order valence-corrected chi connectivity index (χ4v) is 1.15. The Morgan fingerprint density at radius 3 is 2.75 bits per heavy atom. The Kier molecular flexibility index (Phi) is 5.04. The average molecular weight is 168 g/mol. The van der Waals surface area contributed by atoms with Crippen LogP contribution in [0.15, 0.2) is 12.7 Å². The van der Waals surface area contributed by atoms with Crippen LogP contribution in [0.1, 0.15) is 25.7 Å². The molecular formula is C10H20N2. The molecule has 0 amide bonds. The summed E-state index contributed by atoms with van der Waals surface area (Å²) >= 11 is 0. The van der Waals surface area contributed by atoms with Crippen LogP contribution in [0, 0.1) is 0 Å². The van der Waals surface area contributed by atoms with E-state index in [2.05, 4.69) is 17.2 Å². The summed E-state index contributed by atoms with van der Waals surface area (Å²) in [5.74, 6) is 0. The van der Waals surface area contributed by atoms with E-state index in [0.29, 0.717) is 0 Å². The van der Waals surface area contributed by atoms with Crippen LogP contribution in [-0.4, -0.2) is 25.7 Å². The van der Waals surface area contributed by atoms with Gasteiger partial charge in [-0.05, 0) is 32.2 Å². The van der Waals surface area contributed by atoms with E-state index in [0.717, 1.165) is 32.1 Å². The Labute approximate surface area is 75.4 Å². The summed E-state index contributed by atoms with van der Waals surface area (Å²) in [5, 5.41) is 6.86. The second kappa shape index (κ2) is 6.21. The zero-order valence-electron chi connectivity index (χ0n) is 7.81. The Hall–Kier alpha value is -0.340. The molecule has 0 unspecified atom stereocenters. The molecule has 12 heavy (non-hydrogen) atoms. The zero-order chi connectivity index (χ0) is 8.65. The summed E-state index contributed by atoms with van der Waals surface area (Å²) in [7, 11) is 0. The first-order chi connectivity index (χ1) is 5.93. The van der Waals surface area contributed by atoms with Gasteiger partial charge in [-0.25, -0.2) is 0 Å². The van der Waals surface area contributed by atoms with Crippen molar-refractivity contribution in [3.63, 3.8) is 0 Å². The molecule has 70 valence electrons. The van der Waals surface area contributed by atoms with Gasteiger partial charge in [0.15, 0.2) is 0 Å². The van der Waals surface area contributed by atoms with Crippen LogP contribution in [0.2, 0.25) is 0 Å². The Bertz CT molecular complexity index is 119. The lowest BCUT2D eigenvalue weighted by Gasteiger charge is -2.03. The summed E-state index contributed by atoms with van der Waals surface area (Å²) in [6.45, 7) is 7.04. The molecule has 0 atom stereocenters. The Balaban J connectivity index is 1.67. The first kappa shape index (κ1) is 9.75. The van der Waals surface area contributed by atoms with E-state index in [1.54, 1.807) is 0 Å². The van der Waals surface area contributed by atoms with Gasteiger partial charge in [-0.15, -0.1) is 6.58 Å². The lowest BCUT2D eigenvalue weighted by molar-refractivity contribution is 0.597. The predicted octanol–water partition coefficient (Wildman–Crippen LogP) is 1.29. The standard InChI is InChI=1S/C10H20N2/c1-2-3-4-7-11-8-9-12-10-5-6-10/h2,10-12H,1,3-9H2. The average Bonchev–Trinajstić information content (AvgIpc) is 2.87. The molecule has 0 aromatic rings. The number of hydrogen-bond acceptors (Lipinski definition) is 2. The predicted molar refractivity (Wildman–Crippen MR) is 53.3 cm³/mol. The van der Waals surface area contributed by atoms with Crippen LogP contribution in [-0.2, 0) is 0 Å². The monoisotopic (exact) mass is 168 g/mol. The summed E-state index contributed by atoms with van der Waals surface area (Å²) in [4.78, 5) is 0. The molecule has 0 aromatic heterocycles. The molecule has 1 aliphatic rings. The second-order valence-corrected chi connectivity index (χ2v) is 3.41. The van der Waals surface area contributed by atoms with Crippen LogP contribution in [0.4, 0.5) is 0 Å². The highest BCUT2D eigenvalue weighted by Crippen LogP contribution is 2.17. The van der Waals surface area contributed by atoms with Crippen molar-refractivity contribution >= 4 is 0 Å². The number of allylic oxidation sites excluding steroid dienone is 1. The molecule has 0 radical (unpaired) electrons. The zero-order valence-corrected chi connectivity index (χ0v) is 7.81. The van der Waals surface area contributed by atoms with Gasteiger partial charge in [0.05, 0.1) is 0 Å². The van der Waals surface area contributed by atoms with E-state index in [-0.39, 0.29) is 0 Å². The fraction of sp³-hybridized carbons (Fsp3) is 0.800. The van der Waals surface area contributed by atoms with E-state index in [1.165, 1.54) is 19.3 Å². The van der Waals surface area contributed by atoms with Crippen LogP contribution >= 0.6 is 0 Å². The lowest BCUT2D eigenvalue weighted by atomic mass is 10.3. The first-order valence-electron chi connectivity index (χ1n) is 4.98. The third-order valence-electron chi connectivity index (χ3n) is 2.07. The minimum absolute atomic E-state index is 0.847. The first-order valence-corrected chi connectivity index (χ1v) is 4.98. The molecule has 0 aliphatic heterocycles. The van der Waals surface area contributed by atoms with Gasteiger partial charge in [0.1, 0.15) is 0 Å². The third kappa shape index (κ3) is 5.33. The minimum Gasteiger partial charge on any atom is -0.315 e. The summed E-state index contributed by atoms with van der Waals surface area (Å²) in [6, 6.07) is 0.847. The van der Waals surface area contributed by atoms with Crippen LogP contribution in [0.3, 0.4) is 0 Å². The minimum atomic E-state index is 0.847. The van der Waals surface area contributed by atoms with Gasteiger partial charge < -0.3 is 10.6 Å². The van der Waals surface area contributed by atoms with Crippen molar-refractivity contribution in [2.24, 2.45) is 0 Å². The quantitative estimate of drug-likeness (QED) is 0.421. The number of hydrogen-bond donors (Lipinski definition) is 2. The normalized spacial score (nSPS) is 16.3. The van der Waals surface area contributed by atoms with Gasteiger partial charge in [0.25, 0.3) is 0 Å². The molecule has 2 N–H and O–H groups in total. The van der Waals surface area contributed by atoms with Crippen molar-refractivity contribution in [2.45, 2.75) is 31.7 Å². The largest absolute Gasteiger partial charge is 0.315 e. The van der Waals surface area contributed by atoms with Gasteiger partial charge in [-0.1, -0.05) is 6.08 Å². The van der Waals surface area contributed by atoms with Crippen molar-refractivity contribution in [1.82, 2.24) is 10.6 Å². The van der Waals surface area contributed by atoms with Crippen molar-refractivity contribution in [1.29, 1.82) is 0 Å². The van der Waals surface area contributed by atoms with Gasteiger partial charge in [-0.3, -0.25) is 0 Å². The van der Waals surface area contributed by atoms with Crippen LogP contribution in [0.25, 0.3) is 0 Å². The number of rotatable bonds is 8. The highest BCUT2D eigenvalue weighted by molar-refractivity contribution is 4.80. The molecule has 0 aromatic carbocycles. The molecule has 0 saturated heterocycles. The van der Waals surface area contributed by atoms with Crippen molar-refractivity contribution in [3.8, 4) is 0 Å². The third-order valence-corrected chi connectivity index (χ3v) is 2.07. The maximum Gasteiger partial charge on any atom is 0.00793 e. The fourth-order valence-electron chi connectivity index (χ4n) is 1.15. The smallest absolute Gasteiger partial charge is 0.00793 e. The Morgan fingerprint density at radius 1 is 1.25 bits per heavy atom. The van der Waals surface area contributed by atoms with Crippen LogP contribution < -0.4 is 10.6 Å². The summed E-state index contributed by atoms with van der Waals surface area (Å²) < 4.78 is 0. The Morgan fingerprint density at radius 2 is 2.08 bits per heavy atom. The van der Waals surface area contributed by atoms with E-state index in [1.807, 2.05) is 6.08 Å². The maximum atomic E-state index is 3.69. The molecule has 1 saturated carbocycles. The van der Waals surface area contributed by atoms with Crippen molar-refractivity contribution < 1.29 is 0 Å². The van der Waals surface area contributed by atoms with E-state index < -0.39 is 0 Å². The van der Waals surface area contributed by atoms with E-state index >= 15 is 0 Å². The highest BCUT2D eigenvalue weighted by atomic mass is 15.0. The maximum absolute atomic E-state index is 3.69. The summed E-state index contributed by atoms with van der Waals surface area (Å²) in [6.07, 6.45) is 7.09. The van der Waals surface area contributed by atoms with Crippen molar-refractivity contribution in [3.05, 3.63) is 12.7 Å². The molecule has 2 nitrogen and oxygen atoms in total. The topological polar surface area (TPSA) is 24.1 Å². The SMILES string of the molecule is C=CCCCNCCNC1CC1. The van der Waals surface area contributed by atoms with Gasteiger partial charge in [-0.2, -0.15) is 0 Å². The molecule has 1 fully saturated rings. The number of unbranched alkanes of at least 4 members (excludes halogenated alkanes) is 1. The summed E-state index contributed by atoms with van der Waals surface area (Å²) in [5.41, 5.74) is 0. The molecule has 1 rings (SSSR count). The van der Waals surface area contributed by atoms with Crippen molar-refractivity contribution in [2.75, 3.05) is 19.6 Å². The van der Waals surface area contributed by atoms with Gasteiger partial charge >= 0.3 is 0 Å². The molecular weight excluding hydrogens is 148 g/mol. The van der Waals surface area contributed by atoms with Crippen LogP contribution in [0.5, 0.6) is 0 Å². The second-order valence-electron chi connectivity index (χ2n) is 3.41. The number of nitrogens with one attached hydrogen (secondary N) is 2. The molecule has 0 heterocycles. The van der Waals surface area contributed by atoms with E-state index in [9.17, 15) is 0 Å².